The van der Waals surface area contributed by atoms with E-state index in [-0.39, 0.29) is 18.4 Å². The molecule has 1 spiro atoms. The Bertz CT molecular complexity index is 869. The molecule has 0 aliphatic carbocycles. The number of likely N-dealkylation sites (tertiary alicyclic amines) is 1. The second kappa shape index (κ2) is 6.16. The Morgan fingerprint density at radius 1 is 1.50 bits per heavy atom. The minimum absolute atomic E-state index is 0.181. The molecule has 1 aromatic carbocycles. The molecular formula is C19H20FN3O3. The Morgan fingerprint density at radius 2 is 2.27 bits per heavy atom. The van der Waals surface area contributed by atoms with Gasteiger partial charge in [0.1, 0.15) is 17.9 Å². The van der Waals surface area contributed by atoms with Gasteiger partial charge in [0, 0.05) is 42.8 Å². The van der Waals surface area contributed by atoms with E-state index >= 15 is 0 Å². The van der Waals surface area contributed by atoms with Crippen LogP contribution < -0.4 is 4.74 Å². The number of nitrogens with zero attached hydrogens (tertiary/aromatic N) is 2. The molecule has 1 N–H and O–H groups in total. The fourth-order valence-corrected chi connectivity index (χ4v) is 3.85. The number of carbonyl (C=O) groups excluding carboxylic acids is 1. The predicted molar refractivity (Wildman–Crippen MR) is 93.4 cm³/mol. The van der Waals surface area contributed by atoms with Crippen LogP contribution in [0.3, 0.4) is 0 Å². The van der Waals surface area contributed by atoms with Gasteiger partial charge in [0.15, 0.2) is 11.6 Å². The second-order valence-corrected chi connectivity index (χ2v) is 6.64. The van der Waals surface area contributed by atoms with Crippen LogP contribution in [0.1, 0.15) is 24.1 Å². The van der Waals surface area contributed by atoms with Crippen molar-refractivity contribution in [3.05, 3.63) is 47.9 Å². The average Bonchev–Trinajstić information content (AvgIpc) is 3.05. The molecule has 0 bridgehead atoms. The van der Waals surface area contributed by atoms with Crippen molar-refractivity contribution < 1.29 is 18.7 Å². The molecule has 0 radical (unpaired) electrons. The molecule has 2 aliphatic heterocycles. The number of para-hydroxylation sites is 1. The number of fused-ring (bicyclic) bond motifs is 4. The number of amides is 1. The molecule has 1 saturated heterocycles. The zero-order valence-corrected chi connectivity index (χ0v) is 14.5. The van der Waals surface area contributed by atoms with Crippen molar-refractivity contribution >= 4 is 6.09 Å². The number of aromatic amines is 1. The molecule has 7 heteroatoms. The zero-order chi connectivity index (χ0) is 18.3. The molecule has 1 fully saturated rings. The van der Waals surface area contributed by atoms with Gasteiger partial charge in [-0.25, -0.2) is 9.18 Å². The normalized spacial score (nSPS) is 17.2. The van der Waals surface area contributed by atoms with Crippen molar-refractivity contribution in [3.63, 3.8) is 0 Å². The third kappa shape index (κ3) is 2.46. The van der Waals surface area contributed by atoms with E-state index in [9.17, 15) is 9.18 Å². The van der Waals surface area contributed by atoms with Gasteiger partial charge in [-0.05, 0) is 19.1 Å². The second-order valence-electron chi connectivity index (χ2n) is 6.64. The molecule has 3 heterocycles. The summed E-state index contributed by atoms with van der Waals surface area (Å²) >= 11 is 0. The number of carbonyl (C=O) groups is 1. The monoisotopic (exact) mass is 357 g/mol. The number of aromatic nitrogens is 2. The van der Waals surface area contributed by atoms with E-state index in [2.05, 4.69) is 16.8 Å². The summed E-state index contributed by atoms with van der Waals surface area (Å²) in [5, 5.41) is 7.40. The van der Waals surface area contributed by atoms with Gasteiger partial charge in [0.2, 0.25) is 0 Å². The number of H-pyrrole nitrogens is 1. The van der Waals surface area contributed by atoms with E-state index in [0.29, 0.717) is 31.5 Å². The summed E-state index contributed by atoms with van der Waals surface area (Å²) < 4.78 is 25.7. The largest absolute Gasteiger partial charge is 0.478 e. The third-order valence-electron chi connectivity index (χ3n) is 5.08. The Morgan fingerprint density at radius 3 is 3.00 bits per heavy atom. The molecule has 26 heavy (non-hydrogen) atoms. The first kappa shape index (κ1) is 16.6. The molecule has 0 unspecified atom stereocenters. The summed E-state index contributed by atoms with van der Waals surface area (Å²) in [5.74, 6) is -0.171. The molecule has 1 aromatic heterocycles. The SMILES string of the molecule is C=CCOC(=O)N1CCC2(CC1)Oc1c(F)cccc1-c1n[nH]c(C)c12. The van der Waals surface area contributed by atoms with E-state index < -0.39 is 11.4 Å². The van der Waals surface area contributed by atoms with Crippen LogP contribution in [0.25, 0.3) is 11.3 Å². The lowest BCUT2D eigenvalue weighted by Crippen LogP contribution is -2.49. The van der Waals surface area contributed by atoms with Crippen LogP contribution in [0.15, 0.2) is 30.9 Å². The number of hydrogen-bond donors (Lipinski definition) is 1. The lowest BCUT2D eigenvalue weighted by Gasteiger charge is -2.44. The highest BCUT2D eigenvalue weighted by atomic mass is 19.1. The summed E-state index contributed by atoms with van der Waals surface area (Å²) in [6.07, 6.45) is 2.24. The van der Waals surface area contributed by atoms with Crippen LogP contribution >= 0.6 is 0 Å². The van der Waals surface area contributed by atoms with E-state index in [1.54, 1.807) is 11.0 Å². The summed E-state index contributed by atoms with van der Waals surface area (Å²) in [6.45, 7) is 6.58. The van der Waals surface area contributed by atoms with Crippen molar-refractivity contribution in [2.24, 2.45) is 0 Å². The van der Waals surface area contributed by atoms with Gasteiger partial charge in [0.25, 0.3) is 0 Å². The average molecular weight is 357 g/mol. The van der Waals surface area contributed by atoms with Gasteiger partial charge in [-0.1, -0.05) is 18.7 Å². The molecule has 4 rings (SSSR count). The zero-order valence-electron chi connectivity index (χ0n) is 14.5. The van der Waals surface area contributed by atoms with Crippen molar-refractivity contribution in [1.82, 2.24) is 15.1 Å². The van der Waals surface area contributed by atoms with Crippen molar-refractivity contribution in [2.75, 3.05) is 19.7 Å². The first-order chi connectivity index (χ1) is 12.6. The fourth-order valence-electron chi connectivity index (χ4n) is 3.85. The Labute approximate surface area is 150 Å². The number of piperidine rings is 1. The Hall–Kier alpha value is -2.83. The molecule has 6 nitrogen and oxygen atoms in total. The van der Waals surface area contributed by atoms with Gasteiger partial charge in [-0.15, -0.1) is 0 Å². The first-order valence-electron chi connectivity index (χ1n) is 8.62. The number of benzene rings is 1. The molecule has 1 amide bonds. The number of ether oxygens (including phenoxy) is 2. The summed E-state index contributed by atoms with van der Waals surface area (Å²) in [6, 6.07) is 4.85. The summed E-state index contributed by atoms with van der Waals surface area (Å²) in [4.78, 5) is 13.7. The van der Waals surface area contributed by atoms with Crippen LogP contribution in [0.5, 0.6) is 5.75 Å². The maximum Gasteiger partial charge on any atom is 0.410 e. The van der Waals surface area contributed by atoms with E-state index in [0.717, 1.165) is 17.0 Å². The number of aryl methyl sites for hydroxylation is 1. The maximum atomic E-state index is 14.4. The van der Waals surface area contributed by atoms with E-state index in [1.165, 1.54) is 12.1 Å². The van der Waals surface area contributed by atoms with Crippen molar-refractivity contribution in [1.29, 1.82) is 0 Å². The molecule has 0 atom stereocenters. The Kier molecular flexibility index (Phi) is 3.94. The van der Waals surface area contributed by atoms with Gasteiger partial charge in [-0.3, -0.25) is 5.10 Å². The topological polar surface area (TPSA) is 67.4 Å². The number of hydrogen-bond acceptors (Lipinski definition) is 4. The van der Waals surface area contributed by atoms with Gasteiger partial charge >= 0.3 is 6.09 Å². The standard InChI is InChI=1S/C19H20FN3O3/c1-3-11-25-18(24)23-9-7-19(8-10-23)15-12(2)21-22-16(15)13-5-4-6-14(20)17(13)26-19/h3-6H,1,7-11H2,2H3,(H,21,22). The fraction of sp³-hybridized carbons (Fsp3) is 0.368. The number of nitrogens with one attached hydrogen (secondary N) is 1. The minimum atomic E-state index is -0.698. The van der Waals surface area contributed by atoms with Crippen molar-refractivity contribution in [2.45, 2.75) is 25.4 Å². The lowest BCUT2D eigenvalue weighted by molar-refractivity contribution is -0.00732. The van der Waals surface area contributed by atoms with E-state index in [1.807, 2.05) is 13.0 Å². The maximum absolute atomic E-state index is 14.4. The molecule has 136 valence electrons. The van der Waals surface area contributed by atoms with Crippen LogP contribution in [0, 0.1) is 12.7 Å². The quantitative estimate of drug-likeness (QED) is 0.835. The highest BCUT2D eigenvalue weighted by Gasteiger charge is 2.47. The van der Waals surface area contributed by atoms with Crippen molar-refractivity contribution in [3.8, 4) is 17.0 Å². The number of halogens is 1. The van der Waals surface area contributed by atoms with Crippen LogP contribution in [-0.4, -0.2) is 40.9 Å². The molecule has 2 aromatic rings. The van der Waals surface area contributed by atoms with Gasteiger partial charge in [-0.2, -0.15) is 5.10 Å². The predicted octanol–water partition coefficient (Wildman–Crippen LogP) is 3.53. The van der Waals surface area contributed by atoms with Crippen LogP contribution in [0.2, 0.25) is 0 Å². The van der Waals surface area contributed by atoms with Crippen LogP contribution in [0.4, 0.5) is 9.18 Å². The molecule has 0 saturated carbocycles. The Balaban J connectivity index is 1.66. The molecular weight excluding hydrogens is 337 g/mol. The minimum Gasteiger partial charge on any atom is -0.478 e. The number of rotatable bonds is 2. The smallest absolute Gasteiger partial charge is 0.410 e. The van der Waals surface area contributed by atoms with Crippen LogP contribution in [-0.2, 0) is 10.3 Å². The third-order valence-corrected chi connectivity index (χ3v) is 5.08. The van der Waals surface area contributed by atoms with Gasteiger partial charge in [0.05, 0.1) is 0 Å². The highest BCUT2D eigenvalue weighted by molar-refractivity contribution is 5.75. The summed E-state index contributed by atoms with van der Waals surface area (Å²) in [5.41, 5.74) is 2.54. The summed E-state index contributed by atoms with van der Waals surface area (Å²) in [7, 11) is 0. The first-order valence-corrected chi connectivity index (χ1v) is 8.62. The van der Waals surface area contributed by atoms with Gasteiger partial charge < -0.3 is 14.4 Å². The highest BCUT2D eigenvalue weighted by Crippen LogP contribution is 2.50. The lowest BCUT2D eigenvalue weighted by atomic mass is 9.79. The van der Waals surface area contributed by atoms with E-state index in [4.69, 9.17) is 9.47 Å². The molecule has 2 aliphatic rings.